The first-order valence-corrected chi connectivity index (χ1v) is 29.3. The number of likely N-dealkylation sites (N-methyl/N-ethyl adjacent to an activating group) is 2. The van der Waals surface area contributed by atoms with Gasteiger partial charge in [0.25, 0.3) is 5.91 Å². The number of carbonyl (C=O) groups excluding carboxylic acids is 6. The lowest BCUT2D eigenvalue weighted by Gasteiger charge is -2.38. The number of benzene rings is 2. The van der Waals surface area contributed by atoms with Gasteiger partial charge in [-0.25, -0.2) is 9.69 Å². The highest BCUT2D eigenvalue weighted by Gasteiger charge is 2.46. The Labute approximate surface area is 460 Å². The third-order valence-corrected chi connectivity index (χ3v) is 17.6. The van der Waals surface area contributed by atoms with E-state index in [0.717, 1.165) is 117 Å². The number of fused-ring (bicyclic) bond motifs is 2. The van der Waals surface area contributed by atoms with Crippen LogP contribution in [0.25, 0.3) is 0 Å². The van der Waals surface area contributed by atoms with Crippen molar-refractivity contribution in [2.45, 2.75) is 191 Å². The van der Waals surface area contributed by atoms with Crippen LogP contribution in [0.1, 0.15) is 164 Å². The second-order valence-corrected chi connectivity index (χ2v) is 22.6. The van der Waals surface area contributed by atoms with Crippen molar-refractivity contribution in [1.82, 2.24) is 41.3 Å². The number of hydrogen-bond donors (Lipinski definition) is 6. The van der Waals surface area contributed by atoms with E-state index in [0.29, 0.717) is 82.9 Å². The maximum atomic E-state index is 14.4. The molecule has 78 heavy (non-hydrogen) atoms. The normalized spacial score (nSPS) is 23.2. The van der Waals surface area contributed by atoms with Crippen molar-refractivity contribution in [1.29, 1.82) is 0 Å². The first-order valence-electron chi connectivity index (χ1n) is 29.3. The van der Waals surface area contributed by atoms with Crippen LogP contribution in [0.5, 0.6) is 11.5 Å². The van der Waals surface area contributed by atoms with E-state index in [1.54, 1.807) is 38.9 Å². The summed E-state index contributed by atoms with van der Waals surface area (Å²) in [4.78, 5) is 100. The lowest BCUT2D eigenvalue weighted by Crippen LogP contribution is -2.58. The Kier molecular flexibility index (Phi) is 20.9. The molecule has 0 radical (unpaired) electrons. The summed E-state index contributed by atoms with van der Waals surface area (Å²) in [5, 5.41) is 25.9. The van der Waals surface area contributed by atoms with Gasteiger partial charge in [-0.05, 0) is 176 Å². The van der Waals surface area contributed by atoms with Crippen LogP contribution >= 0.6 is 0 Å². The molecule has 6 aliphatic rings. The fourth-order valence-corrected chi connectivity index (χ4v) is 13.0. The van der Waals surface area contributed by atoms with Crippen molar-refractivity contribution in [3.63, 3.8) is 0 Å². The topological polar surface area (TPSA) is 237 Å². The maximum absolute atomic E-state index is 14.4. The van der Waals surface area contributed by atoms with Crippen LogP contribution in [0, 0.1) is 11.8 Å². The first-order chi connectivity index (χ1) is 37.8. The molecular formula is C59H86N8O11. The molecule has 4 fully saturated rings. The van der Waals surface area contributed by atoms with Gasteiger partial charge < -0.3 is 55.7 Å². The summed E-state index contributed by atoms with van der Waals surface area (Å²) in [6.45, 7) is 5.55. The van der Waals surface area contributed by atoms with E-state index in [1.165, 1.54) is 4.90 Å². The number of carboxylic acid groups (broad SMARTS) is 1. The van der Waals surface area contributed by atoms with E-state index in [-0.39, 0.29) is 54.0 Å². The minimum atomic E-state index is -1.36. The number of aryl methyl sites for hydroxylation is 2. The summed E-state index contributed by atoms with van der Waals surface area (Å²) in [5.74, 6) is -0.413. The molecular weight excluding hydrogens is 997 g/mol. The minimum absolute atomic E-state index is 0.0516. The third-order valence-electron chi connectivity index (χ3n) is 17.6. The van der Waals surface area contributed by atoms with Gasteiger partial charge >= 0.3 is 6.09 Å². The second kappa shape index (κ2) is 27.9. The number of ether oxygens (including phenoxy) is 3. The van der Waals surface area contributed by atoms with Crippen molar-refractivity contribution in [2.75, 3.05) is 53.6 Å². The molecule has 2 aromatic carbocycles. The molecule has 2 saturated carbocycles. The number of imide groups is 1. The van der Waals surface area contributed by atoms with Crippen molar-refractivity contribution in [3.05, 3.63) is 58.7 Å². The molecule has 2 saturated heterocycles. The fraction of sp³-hybridized carbons (Fsp3) is 0.678. The van der Waals surface area contributed by atoms with Crippen LogP contribution in [0.15, 0.2) is 36.4 Å². The number of nitrogens with one attached hydrogen (secondary N) is 5. The van der Waals surface area contributed by atoms with Gasteiger partial charge in [0.1, 0.15) is 48.9 Å². The number of hydrogen-bond acceptors (Lipinski definition) is 12. The molecule has 19 nitrogen and oxygen atoms in total. The van der Waals surface area contributed by atoms with Crippen LogP contribution < -0.4 is 36.1 Å². The monoisotopic (exact) mass is 1080 g/mol. The summed E-state index contributed by atoms with van der Waals surface area (Å²) < 4.78 is 18.0. The van der Waals surface area contributed by atoms with Gasteiger partial charge in [-0.1, -0.05) is 50.7 Å². The Hall–Kier alpha value is -5.79. The molecule has 4 aliphatic carbocycles. The number of likely N-dealkylation sites (tertiary alicyclic amines) is 2. The van der Waals surface area contributed by atoms with E-state index >= 15 is 0 Å². The minimum Gasteiger partial charge on any atom is -0.491 e. The lowest BCUT2D eigenvalue weighted by molar-refractivity contribution is -0.147. The Morgan fingerprint density at radius 2 is 1.08 bits per heavy atom. The summed E-state index contributed by atoms with van der Waals surface area (Å²) in [6.07, 6.45) is 14.8. The number of nitrogens with zero attached hydrogens (tertiary/aromatic N) is 3. The van der Waals surface area contributed by atoms with Crippen molar-refractivity contribution >= 4 is 41.5 Å². The SMILES string of the molecule is CN[C@@H](C)C(=O)N[C@H](C(=O)N1CCC[C@H]1C(=O)N[C@@H]1CCCc2cc(OCCOCCOc3ccc4c(c3)CCC[C@H]4N(C(=O)O)C(=O)[C@@H]3CCCN3C(=O)[C@@H](NC(=O)[C@H](C)NC)C3CCCCC3)ccc21)C1CCCCC1. The van der Waals surface area contributed by atoms with Crippen LogP contribution in [0.2, 0.25) is 0 Å². The van der Waals surface area contributed by atoms with E-state index in [2.05, 4.69) is 26.6 Å². The van der Waals surface area contributed by atoms with Crippen molar-refractivity contribution in [2.24, 2.45) is 11.8 Å². The zero-order valence-electron chi connectivity index (χ0n) is 46.5. The molecule has 19 heteroatoms. The average molecular weight is 1080 g/mol. The smallest absolute Gasteiger partial charge is 0.414 e. The van der Waals surface area contributed by atoms with Crippen molar-refractivity contribution in [3.8, 4) is 11.5 Å². The average Bonchev–Trinajstić information content (AvgIpc) is 4.23. The molecule has 0 aromatic heterocycles. The number of rotatable bonds is 22. The van der Waals surface area contributed by atoms with Gasteiger partial charge in [-0.3, -0.25) is 28.8 Å². The van der Waals surface area contributed by atoms with Crippen molar-refractivity contribution < 1.29 is 52.9 Å². The lowest BCUT2D eigenvalue weighted by atomic mass is 9.83. The molecule has 2 heterocycles. The highest BCUT2D eigenvalue weighted by molar-refractivity contribution is 5.99. The largest absolute Gasteiger partial charge is 0.491 e. The van der Waals surface area contributed by atoms with Gasteiger partial charge in [0.05, 0.1) is 37.4 Å². The predicted octanol–water partition coefficient (Wildman–Crippen LogP) is 5.87. The second-order valence-electron chi connectivity index (χ2n) is 22.6. The summed E-state index contributed by atoms with van der Waals surface area (Å²) >= 11 is 0. The van der Waals surface area contributed by atoms with E-state index < -0.39 is 54.3 Å². The van der Waals surface area contributed by atoms with Gasteiger partial charge in [0.15, 0.2) is 0 Å². The molecule has 8 rings (SSSR count). The zero-order chi connectivity index (χ0) is 55.3. The Balaban J connectivity index is 0.797. The number of amides is 7. The molecule has 8 atom stereocenters. The Morgan fingerprint density at radius 1 is 0.590 bits per heavy atom. The van der Waals surface area contributed by atoms with Gasteiger partial charge in [-0.15, -0.1) is 0 Å². The Bertz CT molecular complexity index is 2430. The van der Waals surface area contributed by atoms with Gasteiger partial charge in [0.2, 0.25) is 29.5 Å². The molecule has 0 bridgehead atoms. The van der Waals surface area contributed by atoms with Crippen LogP contribution in [-0.4, -0.2) is 151 Å². The van der Waals surface area contributed by atoms with Crippen LogP contribution in [0.4, 0.5) is 4.79 Å². The highest BCUT2D eigenvalue weighted by Crippen LogP contribution is 2.39. The van der Waals surface area contributed by atoms with E-state index in [4.69, 9.17) is 14.2 Å². The fourth-order valence-electron chi connectivity index (χ4n) is 13.0. The molecule has 0 unspecified atom stereocenters. The maximum Gasteiger partial charge on any atom is 0.414 e. The summed E-state index contributed by atoms with van der Waals surface area (Å²) in [5.41, 5.74) is 3.82. The third kappa shape index (κ3) is 14.1. The molecule has 2 aliphatic heterocycles. The molecule has 2 aromatic rings. The first kappa shape index (κ1) is 58.4. The molecule has 7 amide bonds. The highest BCUT2D eigenvalue weighted by atomic mass is 16.5. The van der Waals surface area contributed by atoms with E-state index in [9.17, 15) is 38.7 Å². The quantitative estimate of drug-likeness (QED) is 0.0759. The Morgan fingerprint density at radius 3 is 1.60 bits per heavy atom. The predicted molar refractivity (Wildman–Crippen MR) is 293 cm³/mol. The van der Waals surface area contributed by atoms with Crippen LogP contribution in [-0.2, 0) is 46.3 Å². The van der Waals surface area contributed by atoms with Crippen LogP contribution in [0.3, 0.4) is 0 Å². The summed E-state index contributed by atoms with van der Waals surface area (Å²) in [6, 6.07) is 6.70. The number of carbonyl (C=O) groups is 7. The standard InChI is InChI=1S/C59H86N8O11/c1-37(60-3)53(68)63-51(39-15-7-5-8-16-39)57(72)65-29-13-23-49(65)55(70)62-47-21-11-19-41-35-43(25-27-45(41)47)77-33-31-76-32-34-78-44-26-28-46-42(36-44)20-12-22-48(46)67(59(74)75)56(71)50-24-14-30-66(50)58(73)52(40-17-9-6-10-18-40)64-54(69)38(2)61-4/h25-28,35-40,47-52,60-61H,5-24,29-34H2,1-4H3,(H,62,70)(H,63,68)(H,64,69)(H,74,75)/t37-,38-,47+,48+,49-,50-,51-,52-/m0/s1. The summed E-state index contributed by atoms with van der Waals surface area (Å²) in [7, 11) is 3.41. The van der Waals surface area contributed by atoms with Gasteiger partial charge in [-0.2, -0.15) is 0 Å². The molecule has 6 N–H and O–H groups in total. The molecule has 428 valence electrons. The zero-order valence-corrected chi connectivity index (χ0v) is 46.5. The molecule has 0 spiro atoms. The van der Waals surface area contributed by atoms with Gasteiger partial charge in [0, 0.05) is 13.1 Å². The van der Waals surface area contributed by atoms with E-state index in [1.807, 2.05) is 30.3 Å².